The van der Waals surface area contributed by atoms with Crippen molar-refractivity contribution in [2.75, 3.05) is 6.54 Å². The van der Waals surface area contributed by atoms with Crippen LogP contribution in [0.3, 0.4) is 0 Å². The van der Waals surface area contributed by atoms with Gasteiger partial charge in [0.25, 0.3) is 0 Å². The fourth-order valence-corrected chi connectivity index (χ4v) is 2.17. The highest BCUT2D eigenvalue weighted by Gasteiger charge is 2.38. The summed E-state index contributed by atoms with van der Waals surface area (Å²) in [5, 5.41) is 4.44. The zero-order valence-electron chi connectivity index (χ0n) is 9.18. The third-order valence-corrected chi connectivity index (χ3v) is 3.23. The summed E-state index contributed by atoms with van der Waals surface area (Å²) in [5.41, 5.74) is 0. The molecule has 0 aromatic carbocycles. The summed E-state index contributed by atoms with van der Waals surface area (Å²) in [4.78, 5) is 1.01. The minimum Gasteiger partial charge on any atom is -0.306 e. The Balaban J connectivity index is 2.44. The molecule has 0 amide bonds. The first-order valence-electron chi connectivity index (χ1n) is 5.36. The number of thiophene rings is 1. The van der Waals surface area contributed by atoms with E-state index in [1.54, 1.807) is 0 Å². The van der Waals surface area contributed by atoms with Crippen LogP contribution < -0.4 is 5.32 Å². The van der Waals surface area contributed by atoms with Crippen LogP contribution in [-0.2, 0) is 6.42 Å². The molecule has 0 aliphatic rings. The zero-order valence-corrected chi connectivity index (χ0v) is 10.00. The van der Waals surface area contributed by atoms with Crippen molar-refractivity contribution < 1.29 is 13.2 Å². The second kappa shape index (κ2) is 6.25. The Morgan fingerprint density at radius 3 is 2.69 bits per heavy atom. The van der Waals surface area contributed by atoms with Crippen molar-refractivity contribution in [1.29, 1.82) is 0 Å². The molecule has 1 heterocycles. The van der Waals surface area contributed by atoms with Crippen molar-refractivity contribution in [1.82, 2.24) is 5.32 Å². The average Bonchev–Trinajstić information content (AvgIpc) is 2.68. The van der Waals surface area contributed by atoms with Crippen molar-refractivity contribution in [2.45, 2.75) is 38.4 Å². The molecule has 1 unspecified atom stereocenters. The summed E-state index contributed by atoms with van der Waals surface area (Å²) in [7, 11) is 0. The van der Waals surface area contributed by atoms with E-state index in [9.17, 15) is 13.2 Å². The fourth-order valence-electron chi connectivity index (χ4n) is 1.44. The molecule has 0 radical (unpaired) electrons. The largest absolute Gasteiger partial charge is 0.403 e. The minimum absolute atomic E-state index is 0.115. The minimum atomic E-state index is -4.15. The van der Waals surface area contributed by atoms with Crippen LogP contribution in [0.4, 0.5) is 13.2 Å². The van der Waals surface area contributed by atoms with Crippen molar-refractivity contribution in [2.24, 2.45) is 0 Å². The van der Waals surface area contributed by atoms with Crippen LogP contribution in [0.1, 0.15) is 24.6 Å². The van der Waals surface area contributed by atoms with E-state index in [0.29, 0.717) is 19.4 Å². The zero-order chi connectivity index (χ0) is 12.0. The summed E-state index contributed by atoms with van der Waals surface area (Å²) < 4.78 is 37.8. The highest BCUT2D eigenvalue weighted by Crippen LogP contribution is 2.24. The molecule has 1 atom stereocenters. The van der Waals surface area contributed by atoms with Gasteiger partial charge >= 0.3 is 6.18 Å². The van der Waals surface area contributed by atoms with E-state index >= 15 is 0 Å². The van der Waals surface area contributed by atoms with Crippen LogP contribution in [0.15, 0.2) is 17.5 Å². The van der Waals surface area contributed by atoms with Crippen molar-refractivity contribution in [3.8, 4) is 0 Å². The number of hydrogen-bond donors (Lipinski definition) is 1. The maximum atomic E-state index is 12.6. The number of rotatable bonds is 6. The van der Waals surface area contributed by atoms with Gasteiger partial charge in [-0.05, 0) is 37.3 Å². The fraction of sp³-hybridized carbons (Fsp3) is 0.636. The monoisotopic (exact) mass is 251 g/mol. The smallest absolute Gasteiger partial charge is 0.306 e. The van der Waals surface area contributed by atoms with Crippen LogP contribution in [0.25, 0.3) is 0 Å². The number of halogens is 3. The number of nitrogens with one attached hydrogen (secondary N) is 1. The van der Waals surface area contributed by atoms with E-state index in [0.717, 1.165) is 4.88 Å². The lowest BCUT2D eigenvalue weighted by Gasteiger charge is -2.21. The normalized spacial score (nSPS) is 14.0. The van der Waals surface area contributed by atoms with E-state index in [-0.39, 0.29) is 6.42 Å². The number of hydrogen-bond acceptors (Lipinski definition) is 2. The Bertz CT molecular complexity index is 282. The summed E-state index contributed by atoms with van der Waals surface area (Å²) in [6.07, 6.45) is -2.83. The van der Waals surface area contributed by atoms with Crippen molar-refractivity contribution >= 4 is 11.3 Å². The first-order chi connectivity index (χ1) is 7.54. The Labute approximate surface area is 97.7 Å². The van der Waals surface area contributed by atoms with Gasteiger partial charge in [-0.2, -0.15) is 13.2 Å². The van der Waals surface area contributed by atoms with Crippen LogP contribution in [0, 0.1) is 0 Å². The molecule has 0 aliphatic heterocycles. The molecule has 0 saturated carbocycles. The third-order valence-electron chi connectivity index (χ3n) is 2.30. The van der Waals surface area contributed by atoms with Gasteiger partial charge in [0, 0.05) is 4.88 Å². The molecule has 5 heteroatoms. The quantitative estimate of drug-likeness (QED) is 0.814. The van der Waals surface area contributed by atoms with E-state index in [2.05, 4.69) is 5.32 Å². The van der Waals surface area contributed by atoms with E-state index < -0.39 is 12.2 Å². The third kappa shape index (κ3) is 4.53. The second-order valence-corrected chi connectivity index (χ2v) is 4.70. The highest BCUT2D eigenvalue weighted by molar-refractivity contribution is 7.09. The number of alkyl halides is 3. The first kappa shape index (κ1) is 13.5. The average molecular weight is 251 g/mol. The molecule has 92 valence electrons. The Kier molecular flexibility index (Phi) is 5.28. The van der Waals surface area contributed by atoms with Gasteiger partial charge in [-0.3, -0.25) is 0 Å². The Morgan fingerprint density at radius 2 is 2.19 bits per heavy atom. The van der Waals surface area contributed by atoms with Crippen molar-refractivity contribution in [3.63, 3.8) is 0 Å². The maximum Gasteiger partial charge on any atom is 0.403 e. The predicted octanol–water partition coefficient (Wildman–Crippen LogP) is 3.61. The Morgan fingerprint density at radius 1 is 1.44 bits per heavy atom. The second-order valence-electron chi connectivity index (χ2n) is 3.67. The lowest BCUT2D eigenvalue weighted by atomic mass is 10.1. The highest BCUT2D eigenvalue weighted by atomic mass is 32.1. The SMILES string of the molecule is CCCNC(CCc1cccs1)C(F)(F)F. The standard InChI is InChI=1S/C11H16F3NS/c1-2-7-15-10(11(12,13)14)6-5-9-4-3-8-16-9/h3-4,8,10,15H,2,5-7H2,1H3. The molecule has 0 spiro atoms. The van der Waals surface area contributed by atoms with E-state index in [1.165, 1.54) is 11.3 Å². The molecule has 16 heavy (non-hydrogen) atoms. The molecule has 1 rings (SSSR count). The van der Waals surface area contributed by atoms with Gasteiger partial charge in [0.05, 0.1) is 0 Å². The van der Waals surface area contributed by atoms with E-state index in [1.807, 2.05) is 24.4 Å². The van der Waals surface area contributed by atoms with Gasteiger partial charge in [0.15, 0.2) is 0 Å². The molecular formula is C11H16F3NS. The summed E-state index contributed by atoms with van der Waals surface area (Å²) in [5.74, 6) is 0. The molecule has 0 aliphatic carbocycles. The van der Waals surface area contributed by atoms with E-state index in [4.69, 9.17) is 0 Å². The molecule has 1 nitrogen and oxygen atoms in total. The summed E-state index contributed by atoms with van der Waals surface area (Å²) in [6, 6.07) is 2.36. The molecule has 0 bridgehead atoms. The van der Waals surface area contributed by atoms with Gasteiger partial charge in [-0.1, -0.05) is 13.0 Å². The van der Waals surface area contributed by atoms with Crippen LogP contribution in [-0.4, -0.2) is 18.8 Å². The topological polar surface area (TPSA) is 12.0 Å². The molecule has 0 fully saturated rings. The predicted molar refractivity (Wildman–Crippen MR) is 60.8 cm³/mol. The lowest BCUT2D eigenvalue weighted by molar-refractivity contribution is -0.157. The van der Waals surface area contributed by atoms with Crippen LogP contribution >= 0.6 is 11.3 Å². The van der Waals surface area contributed by atoms with Gasteiger partial charge in [-0.25, -0.2) is 0 Å². The van der Waals surface area contributed by atoms with Gasteiger partial charge in [0.1, 0.15) is 6.04 Å². The molecular weight excluding hydrogens is 235 g/mol. The molecule has 0 saturated heterocycles. The van der Waals surface area contributed by atoms with Gasteiger partial charge in [-0.15, -0.1) is 11.3 Å². The van der Waals surface area contributed by atoms with Crippen molar-refractivity contribution in [3.05, 3.63) is 22.4 Å². The summed E-state index contributed by atoms with van der Waals surface area (Å²) >= 11 is 1.50. The van der Waals surface area contributed by atoms with Crippen LogP contribution in [0.2, 0.25) is 0 Å². The van der Waals surface area contributed by atoms with Gasteiger partial charge in [0.2, 0.25) is 0 Å². The molecule has 1 N–H and O–H groups in total. The Hall–Kier alpha value is -0.550. The summed E-state index contributed by atoms with van der Waals surface area (Å²) in [6.45, 7) is 2.27. The number of aryl methyl sites for hydroxylation is 1. The molecule has 1 aromatic heterocycles. The first-order valence-corrected chi connectivity index (χ1v) is 6.24. The molecule has 1 aromatic rings. The van der Waals surface area contributed by atoms with Crippen LogP contribution in [0.5, 0.6) is 0 Å². The van der Waals surface area contributed by atoms with Gasteiger partial charge < -0.3 is 5.32 Å². The maximum absolute atomic E-state index is 12.6. The lowest BCUT2D eigenvalue weighted by Crippen LogP contribution is -2.42.